The number of aliphatic hydroxyl groups is 2. The quantitative estimate of drug-likeness (QED) is 0.415. The van der Waals surface area contributed by atoms with Crippen LogP contribution in [0.15, 0.2) is 36.5 Å². The van der Waals surface area contributed by atoms with Gasteiger partial charge in [0.15, 0.2) is 5.82 Å². The lowest BCUT2D eigenvalue weighted by molar-refractivity contribution is -0.146. The van der Waals surface area contributed by atoms with E-state index in [0.29, 0.717) is 5.41 Å². The van der Waals surface area contributed by atoms with Gasteiger partial charge in [-0.3, -0.25) is 4.79 Å². The first-order valence-corrected chi connectivity index (χ1v) is 13.6. The Hall–Kier alpha value is -2.99. The van der Waals surface area contributed by atoms with Crippen LogP contribution in [0, 0.1) is 16.7 Å². The molecule has 2 saturated heterocycles. The number of imidazole rings is 1. The molecule has 0 saturated carbocycles. The number of benzene rings is 1. The Morgan fingerprint density at radius 1 is 1.11 bits per heavy atom. The molecule has 3 aliphatic rings. The summed E-state index contributed by atoms with van der Waals surface area (Å²) in [6.07, 6.45) is 8.08. The van der Waals surface area contributed by atoms with Gasteiger partial charge < -0.3 is 25.3 Å². The van der Waals surface area contributed by atoms with Crippen LogP contribution in [-0.4, -0.2) is 49.5 Å². The van der Waals surface area contributed by atoms with Gasteiger partial charge in [0, 0.05) is 11.3 Å². The van der Waals surface area contributed by atoms with Gasteiger partial charge in [-0.05, 0) is 69.4 Å². The lowest BCUT2D eigenvalue weighted by Crippen LogP contribution is -2.39. The summed E-state index contributed by atoms with van der Waals surface area (Å²) in [5.74, 6) is -0.208. The van der Waals surface area contributed by atoms with Crippen molar-refractivity contribution in [2.24, 2.45) is 5.41 Å². The Kier molecular flexibility index (Phi) is 9.19. The molecule has 8 heteroatoms. The number of rotatable bonds is 3. The smallest absolute Gasteiger partial charge is 0.291 e. The minimum Gasteiger partial charge on any atom is -0.387 e. The van der Waals surface area contributed by atoms with Gasteiger partial charge in [0.2, 0.25) is 0 Å². The summed E-state index contributed by atoms with van der Waals surface area (Å²) in [6, 6.07) is 9.73. The lowest BCUT2D eigenvalue weighted by atomic mass is 9.77. The van der Waals surface area contributed by atoms with Gasteiger partial charge in [0.25, 0.3) is 5.91 Å². The van der Waals surface area contributed by atoms with E-state index in [9.17, 15) is 15.0 Å². The molecule has 1 aliphatic carbocycles. The highest BCUT2D eigenvalue weighted by Crippen LogP contribution is 2.47. The molecule has 1 aromatic heterocycles. The number of aromatic amines is 1. The molecule has 4 N–H and O–H groups in total. The summed E-state index contributed by atoms with van der Waals surface area (Å²) in [5, 5.41) is 31.2. The monoisotopic (exact) mass is 522 g/mol. The van der Waals surface area contributed by atoms with E-state index in [-0.39, 0.29) is 17.4 Å². The number of nitrogens with one attached hydrogen (secondary N) is 2. The van der Waals surface area contributed by atoms with Gasteiger partial charge in [-0.15, -0.1) is 0 Å². The molecule has 206 valence electrons. The van der Waals surface area contributed by atoms with Crippen molar-refractivity contribution in [1.29, 1.82) is 5.26 Å². The van der Waals surface area contributed by atoms with Crippen LogP contribution < -0.4 is 5.32 Å². The topological polar surface area (TPSA) is 131 Å². The molecular weight excluding hydrogens is 480 g/mol. The van der Waals surface area contributed by atoms with Crippen LogP contribution in [0.4, 0.5) is 5.69 Å². The maximum atomic E-state index is 12.3. The standard InChI is InChI=1S/C19H20N4O.C9H16O3.C2H6/c1-19(2)9-7-13(8-10-19)15-5-3-4-6-16(15)23-18(24)17-21-12-14(11-20)22-17;1-8-4-3-5-9(2,12-8)7(11)6(8)10;1-2/h3-7,12H,8-10H2,1-2H3,(H,21,22)(H,23,24);6-7,10-11H,3-5H2,1-2H3;1-2H3/t;6-,7?,8+,9-;/m.0./s1. The van der Waals surface area contributed by atoms with Crippen molar-refractivity contribution in [3.63, 3.8) is 0 Å². The minimum absolute atomic E-state index is 0.139. The fourth-order valence-electron chi connectivity index (χ4n) is 5.38. The fourth-order valence-corrected chi connectivity index (χ4v) is 5.38. The number of hydrogen-bond donors (Lipinski definition) is 4. The van der Waals surface area contributed by atoms with E-state index < -0.39 is 23.4 Å². The Labute approximate surface area is 226 Å². The van der Waals surface area contributed by atoms with E-state index in [1.807, 2.05) is 58.0 Å². The van der Waals surface area contributed by atoms with Gasteiger partial charge in [-0.1, -0.05) is 52.0 Å². The molecule has 2 aliphatic heterocycles. The highest BCUT2D eigenvalue weighted by atomic mass is 16.6. The first-order chi connectivity index (χ1) is 18.0. The Morgan fingerprint density at radius 2 is 1.74 bits per heavy atom. The summed E-state index contributed by atoms with van der Waals surface area (Å²) in [4.78, 5) is 19.0. The number of aromatic nitrogens is 2. The summed E-state index contributed by atoms with van der Waals surface area (Å²) >= 11 is 0. The highest BCUT2D eigenvalue weighted by Gasteiger charge is 2.59. The number of allylic oxidation sites excluding steroid dienone is 2. The zero-order chi connectivity index (χ0) is 28.1. The largest absolute Gasteiger partial charge is 0.387 e. The maximum absolute atomic E-state index is 12.3. The third-order valence-electron chi connectivity index (χ3n) is 7.77. The summed E-state index contributed by atoms with van der Waals surface area (Å²) in [6.45, 7) is 12.3. The fraction of sp³-hybridized carbons (Fsp3) is 0.567. The van der Waals surface area contributed by atoms with Crippen molar-refractivity contribution in [3.05, 3.63) is 53.6 Å². The number of nitriles is 1. The normalized spacial score (nSPS) is 29.0. The van der Waals surface area contributed by atoms with E-state index in [1.165, 1.54) is 11.8 Å². The van der Waals surface area contributed by atoms with Gasteiger partial charge in [-0.2, -0.15) is 5.26 Å². The first-order valence-electron chi connectivity index (χ1n) is 13.6. The third kappa shape index (κ3) is 6.35. The predicted molar refractivity (Wildman–Crippen MR) is 148 cm³/mol. The average Bonchev–Trinajstić information content (AvgIpc) is 3.43. The Bertz CT molecular complexity index is 1180. The van der Waals surface area contributed by atoms with Crippen LogP contribution in [0.5, 0.6) is 0 Å². The van der Waals surface area contributed by atoms with Crippen molar-refractivity contribution in [2.75, 3.05) is 5.32 Å². The average molecular weight is 523 g/mol. The molecule has 0 spiro atoms. The molecule has 1 amide bonds. The van der Waals surface area contributed by atoms with Crippen LogP contribution in [-0.2, 0) is 4.74 Å². The van der Waals surface area contributed by atoms with Crippen molar-refractivity contribution in [2.45, 2.75) is 103 Å². The van der Waals surface area contributed by atoms with Crippen LogP contribution in [0.1, 0.15) is 102 Å². The van der Waals surface area contributed by atoms with Gasteiger partial charge >= 0.3 is 0 Å². The van der Waals surface area contributed by atoms with E-state index in [2.05, 4.69) is 35.2 Å². The molecule has 2 aromatic rings. The number of amides is 1. The Morgan fingerprint density at radius 3 is 2.26 bits per heavy atom. The van der Waals surface area contributed by atoms with Crippen molar-refractivity contribution in [3.8, 4) is 6.07 Å². The number of hydrogen-bond acceptors (Lipinski definition) is 6. The number of para-hydroxylation sites is 1. The molecule has 5 rings (SSSR count). The third-order valence-corrected chi connectivity index (χ3v) is 7.77. The number of H-pyrrole nitrogens is 1. The second-order valence-corrected chi connectivity index (χ2v) is 11.3. The molecule has 3 heterocycles. The number of nitrogens with zero attached hydrogens (tertiary/aromatic N) is 2. The number of fused-ring (bicyclic) bond motifs is 2. The lowest BCUT2D eigenvalue weighted by Gasteiger charge is -2.36. The first kappa shape index (κ1) is 29.6. The highest BCUT2D eigenvalue weighted by molar-refractivity contribution is 6.03. The van der Waals surface area contributed by atoms with Gasteiger partial charge in [-0.25, -0.2) is 4.98 Å². The van der Waals surface area contributed by atoms with Crippen LogP contribution in [0.2, 0.25) is 0 Å². The van der Waals surface area contributed by atoms with E-state index >= 15 is 0 Å². The maximum Gasteiger partial charge on any atom is 0.291 e. The molecule has 2 fully saturated rings. The molecular formula is C30H42N4O4. The van der Waals surface area contributed by atoms with Crippen molar-refractivity contribution < 1.29 is 19.7 Å². The number of carbonyl (C=O) groups is 1. The summed E-state index contributed by atoms with van der Waals surface area (Å²) < 4.78 is 5.70. The molecule has 8 nitrogen and oxygen atoms in total. The van der Waals surface area contributed by atoms with Crippen molar-refractivity contribution in [1.82, 2.24) is 9.97 Å². The second-order valence-electron chi connectivity index (χ2n) is 11.3. The number of anilines is 1. The zero-order valence-corrected chi connectivity index (χ0v) is 23.5. The number of ether oxygens (including phenoxy) is 1. The van der Waals surface area contributed by atoms with Gasteiger partial charge in [0.1, 0.15) is 24.0 Å². The molecule has 38 heavy (non-hydrogen) atoms. The number of aliphatic hydroxyl groups excluding tert-OH is 2. The van der Waals surface area contributed by atoms with Crippen LogP contribution in [0.25, 0.3) is 5.57 Å². The van der Waals surface area contributed by atoms with Crippen LogP contribution >= 0.6 is 0 Å². The molecule has 0 radical (unpaired) electrons. The van der Waals surface area contributed by atoms with Gasteiger partial charge in [0.05, 0.1) is 17.4 Å². The summed E-state index contributed by atoms with van der Waals surface area (Å²) in [7, 11) is 0. The van der Waals surface area contributed by atoms with E-state index in [1.54, 1.807) is 0 Å². The van der Waals surface area contributed by atoms with Crippen molar-refractivity contribution >= 4 is 17.2 Å². The second kappa shape index (κ2) is 11.8. The van der Waals surface area contributed by atoms with E-state index in [4.69, 9.17) is 10.00 Å². The molecule has 1 unspecified atom stereocenters. The Balaban J connectivity index is 0.000000238. The minimum atomic E-state index is -0.718. The summed E-state index contributed by atoms with van der Waals surface area (Å²) in [5.41, 5.74) is 2.67. The molecule has 4 atom stereocenters. The molecule has 1 aromatic carbocycles. The SMILES string of the molecule is CC.CC1(C)CC=C(c2ccccc2NC(=O)c2ncc(C#N)[nH]2)CC1.C[C@]12CCC[C@](C)(O1)C(O)[C@@H]2O. The van der Waals surface area contributed by atoms with Crippen LogP contribution in [0.3, 0.4) is 0 Å². The molecule has 2 bridgehead atoms. The zero-order valence-electron chi connectivity index (χ0n) is 23.5. The predicted octanol–water partition coefficient (Wildman–Crippen LogP) is 5.59. The van der Waals surface area contributed by atoms with E-state index in [0.717, 1.165) is 49.8 Å². The number of carbonyl (C=O) groups excluding carboxylic acids is 1.